The van der Waals surface area contributed by atoms with Crippen LogP contribution in [0.2, 0.25) is 0 Å². The molecule has 0 saturated heterocycles. The molecule has 5 rings (SSSR count). The van der Waals surface area contributed by atoms with Crippen LogP contribution in [0.5, 0.6) is 23.0 Å². The molecule has 2 nitrogen and oxygen atoms in total. The summed E-state index contributed by atoms with van der Waals surface area (Å²) in [7, 11) is 0. The van der Waals surface area contributed by atoms with E-state index in [0.29, 0.717) is 0 Å². The molecule has 3 heteroatoms. The standard InChI is InChI=1S/C29H33BO2/c1-12-14(3)19(8)26-23(17(12)6)30-24-18(7)13(2)15(4)20(9)27(24)32-29-22(11)16(5)21(10)28(31-26)25(29)30/h1-11H3. The monoisotopic (exact) mass is 424 g/mol. The van der Waals surface area contributed by atoms with Crippen LogP contribution in [-0.4, -0.2) is 6.71 Å². The second-order valence-electron chi connectivity index (χ2n) is 10.1. The number of benzene rings is 3. The summed E-state index contributed by atoms with van der Waals surface area (Å²) in [5.74, 6) is 4.08. The van der Waals surface area contributed by atoms with E-state index >= 15 is 0 Å². The molecule has 3 aromatic carbocycles. The summed E-state index contributed by atoms with van der Waals surface area (Å²) in [6.07, 6.45) is 0. The molecule has 0 N–H and O–H groups in total. The maximum Gasteiger partial charge on any atom is 0.261 e. The van der Waals surface area contributed by atoms with E-state index in [4.69, 9.17) is 9.47 Å². The third-order valence-corrected chi connectivity index (χ3v) is 8.92. The van der Waals surface area contributed by atoms with Crippen molar-refractivity contribution in [2.75, 3.05) is 0 Å². The van der Waals surface area contributed by atoms with Crippen LogP contribution in [0.3, 0.4) is 0 Å². The van der Waals surface area contributed by atoms with E-state index in [-0.39, 0.29) is 6.71 Å². The number of hydrogen-bond donors (Lipinski definition) is 0. The lowest BCUT2D eigenvalue weighted by atomic mass is 9.32. The molecule has 0 amide bonds. The van der Waals surface area contributed by atoms with Crippen molar-refractivity contribution in [3.8, 4) is 23.0 Å². The molecule has 2 aliphatic heterocycles. The number of fused-ring (bicyclic) bond motifs is 4. The SMILES string of the molecule is Cc1c(C)c(C)c2c(c1C)Oc1c(C)c(C)c(C)c3c1B2c1c(C)c(C)c(C)c(C)c1O3. The summed E-state index contributed by atoms with van der Waals surface area (Å²) in [6.45, 7) is 24.6. The van der Waals surface area contributed by atoms with Crippen LogP contribution >= 0.6 is 0 Å². The number of hydrogen-bond acceptors (Lipinski definition) is 2. The van der Waals surface area contributed by atoms with Crippen LogP contribution in [-0.2, 0) is 0 Å². The zero-order valence-corrected chi connectivity index (χ0v) is 21.4. The van der Waals surface area contributed by atoms with Gasteiger partial charge in [0.15, 0.2) is 0 Å². The van der Waals surface area contributed by atoms with Crippen molar-refractivity contribution in [2.45, 2.75) is 76.2 Å². The summed E-state index contributed by atoms with van der Waals surface area (Å²) >= 11 is 0. The highest BCUT2D eigenvalue weighted by molar-refractivity contribution is 6.99. The average molecular weight is 424 g/mol. The van der Waals surface area contributed by atoms with Gasteiger partial charge in [0.1, 0.15) is 23.0 Å². The van der Waals surface area contributed by atoms with Gasteiger partial charge in [-0.2, -0.15) is 0 Å². The Kier molecular flexibility index (Phi) is 4.41. The van der Waals surface area contributed by atoms with Crippen LogP contribution in [0.25, 0.3) is 0 Å². The van der Waals surface area contributed by atoms with Crippen molar-refractivity contribution >= 4 is 23.1 Å². The molecular formula is C29H33BO2. The van der Waals surface area contributed by atoms with E-state index in [2.05, 4.69) is 76.2 Å². The van der Waals surface area contributed by atoms with Crippen LogP contribution in [0, 0.1) is 76.2 Å². The first-order valence-corrected chi connectivity index (χ1v) is 11.7. The van der Waals surface area contributed by atoms with Gasteiger partial charge in [0.05, 0.1) is 0 Å². The summed E-state index contributed by atoms with van der Waals surface area (Å²) in [6, 6.07) is 0. The van der Waals surface area contributed by atoms with E-state index in [0.717, 1.165) is 23.0 Å². The minimum Gasteiger partial charge on any atom is -0.458 e. The van der Waals surface area contributed by atoms with Gasteiger partial charge in [0, 0.05) is 5.46 Å². The molecule has 0 saturated carbocycles. The molecule has 0 unspecified atom stereocenters. The predicted octanol–water partition coefficient (Wildman–Crippen LogP) is 5.81. The van der Waals surface area contributed by atoms with E-state index in [1.165, 1.54) is 77.6 Å². The lowest BCUT2D eigenvalue weighted by Crippen LogP contribution is -2.60. The molecule has 2 heterocycles. The zero-order valence-electron chi connectivity index (χ0n) is 21.4. The number of ether oxygens (including phenoxy) is 2. The smallest absolute Gasteiger partial charge is 0.261 e. The molecule has 3 aromatic rings. The van der Waals surface area contributed by atoms with Gasteiger partial charge < -0.3 is 9.47 Å². The Morgan fingerprint density at radius 3 is 0.906 bits per heavy atom. The highest BCUT2D eigenvalue weighted by atomic mass is 16.5. The Labute approximate surface area is 193 Å². The maximum absolute atomic E-state index is 6.80. The van der Waals surface area contributed by atoms with Crippen molar-refractivity contribution in [1.82, 2.24) is 0 Å². The van der Waals surface area contributed by atoms with Gasteiger partial charge in [-0.1, -0.05) is 0 Å². The third kappa shape index (κ3) is 2.37. The van der Waals surface area contributed by atoms with Crippen molar-refractivity contribution in [3.05, 3.63) is 61.2 Å². The molecule has 0 bridgehead atoms. The molecule has 0 aliphatic carbocycles. The minimum absolute atomic E-state index is 0.126. The van der Waals surface area contributed by atoms with Gasteiger partial charge >= 0.3 is 0 Å². The van der Waals surface area contributed by atoms with Crippen molar-refractivity contribution in [1.29, 1.82) is 0 Å². The highest BCUT2D eigenvalue weighted by Gasteiger charge is 2.45. The first-order chi connectivity index (χ1) is 15.0. The molecule has 0 aromatic heterocycles. The fourth-order valence-electron chi connectivity index (χ4n) is 5.86. The van der Waals surface area contributed by atoms with Gasteiger partial charge in [-0.3, -0.25) is 0 Å². The second-order valence-corrected chi connectivity index (χ2v) is 10.1. The molecular weight excluding hydrogens is 391 g/mol. The van der Waals surface area contributed by atoms with Crippen LogP contribution in [0.1, 0.15) is 61.2 Å². The minimum atomic E-state index is 0.126. The van der Waals surface area contributed by atoms with E-state index in [1.807, 2.05) is 0 Å². The Morgan fingerprint density at radius 2 is 0.562 bits per heavy atom. The quantitative estimate of drug-likeness (QED) is 0.292. The van der Waals surface area contributed by atoms with E-state index in [9.17, 15) is 0 Å². The molecule has 2 aliphatic rings. The summed E-state index contributed by atoms with van der Waals surface area (Å²) in [5.41, 5.74) is 18.1. The van der Waals surface area contributed by atoms with E-state index < -0.39 is 0 Å². The predicted molar refractivity (Wildman–Crippen MR) is 136 cm³/mol. The van der Waals surface area contributed by atoms with Crippen LogP contribution in [0.15, 0.2) is 0 Å². The number of rotatable bonds is 0. The van der Waals surface area contributed by atoms with Gasteiger partial charge in [-0.25, -0.2) is 0 Å². The Morgan fingerprint density at radius 1 is 0.312 bits per heavy atom. The molecule has 0 spiro atoms. The average Bonchev–Trinajstić information content (AvgIpc) is 2.79. The fourth-order valence-corrected chi connectivity index (χ4v) is 5.86. The molecule has 0 atom stereocenters. The van der Waals surface area contributed by atoms with Crippen LogP contribution < -0.4 is 25.9 Å². The first-order valence-electron chi connectivity index (χ1n) is 11.7. The van der Waals surface area contributed by atoms with Gasteiger partial charge in [0.25, 0.3) is 6.71 Å². The third-order valence-electron chi connectivity index (χ3n) is 8.92. The Hall–Kier alpha value is -2.68. The van der Waals surface area contributed by atoms with Crippen LogP contribution in [0.4, 0.5) is 0 Å². The van der Waals surface area contributed by atoms with Gasteiger partial charge in [-0.05, 0) is 148 Å². The Balaban J connectivity index is 2.03. The molecule has 0 radical (unpaired) electrons. The highest BCUT2D eigenvalue weighted by Crippen LogP contribution is 2.44. The van der Waals surface area contributed by atoms with E-state index in [1.54, 1.807) is 0 Å². The van der Waals surface area contributed by atoms with Gasteiger partial charge in [-0.15, -0.1) is 0 Å². The lowest BCUT2D eigenvalue weighted by Gasteiger charge is -2.39. The summed E-state index contributed by atoms with van der Waals surface area (Å²) in [5, 5.41) is 0. The van der Waals surface area contributed by atoms with Gasteiger partial charge in [0.2, 0.25) is 0 Å². The van der Waals surface area contributed by atoms with Crippen molar-refractivity contribution < 1.29 is 9.47 Å². The zero-order chi connectivity index (χ0) is 23.4. The largest absolute Gasteiger partial charge is 0.458 e. The summed E-state index contributed by atoms with van der Waals surface area (Å²) in [4.78, 5) is 0. The topological polar surface area (TPSA) is 18.5 Å². The molecule has 32 heavy (non-hydrogen) atoms. The fraction of sp³-hybridized carbons (Fsp3) is 0.379. The molecule has 164 valence electrons. The van der Waals surface area contributed by atoms with Crippen molar-refractivity contribution in [3.63, 3.8) is 0 Å². The summed E-state index contributed by atoms with van der Waals surface area (Å²) < 4.78 is 13.6. The normalized spacial score (nSPS) is 13.3. The lowest BCUT2D eigenvalue weighted by molar-refractivity contribution is 0.454. The second kappa shape index (κ2) is 6.67. The maximum atomic E-state index is 6.80. The molecule has 0 fully saturated rings. The Bertz CT molecular complexity index is 1240. The first kappa shape index (κ1) is 21.2. The van der Waals surface area contributed by atoms with Crippen molar-refractivity contribution in [2.24, 2.45) is 0 Å².